The van der Waals surface area contributed by atoms with Crippen LogP contribution < -0.4 is 4.74 Å². The van der Waals surface area contributed by atoms with Gasteiger partial charge in [0.2, 0.25) is 0 Å². The van der Waals surface area contributed by atoms with Crippen molar-refractivity contribution in [1.82, 2.24) is 0 Å². The number of carbonyl (C=O) groups excluding carboxylic acids is 3. The van der Waals surface area contributed by atoms with Crippen LogP contribution >= 0.6 is 0 Å². The van der Waals surface area contributed by atoms with Crippen LogP contribution in [0.3, 0.4) is 0 Å². The van der Waals surface area contributed by atoms with E-state index in [1.165, 1.54) is 0 Å². The van der Waals surface area contributed by atoms with E-state index in [2.05, 4.69) is 0 Å². The van der Waals surface area contributed by atoms with E-state index < -0.39 is 23.8 Å². The lowest BCUT2D eigenvalue weighted by Crippen LogP contribution is -2.36. The second-order valence-corrected chi connectivity index (χ2v) is 4.83. The molecule has 0 aliphatic carbocycles. The molecule has 0 radical (unpaired) electrons. The topological polar surface area (TPSA) is 78.9 Å². The summed E-state index contributed by atoms with van der Waals surface area (Å²) in [5.74, 6) is -2.90. The Morgan fingerprint density at radius 3 is 1.96 bits per heavy atom. The number of hydrogen-bond acceptors (Lipinski definition) is 6. The van der Waals surface area contributed by atoms with Crippen LogP contribution in [0.25, 0.3) is 0 Å². The zero-order valence-electron chi connectivity index (χ0n) is 13.6. The quantitative estimate of drug-likeness (QED) is 0.392. The second-order valence-electron chi connectivity index (χ2n) is 4.83. The molecule has 0 aromatic heterocycles. The zero-order chi connectivity index (χ0) is 17.2. The van der Waals surface area contributed by atoms with Crippen molar-refractivity contribution in [3.63, 3.8) is 0 Å². The molecule has 0 bridgehead atoms. The first-order valence-corrected chi connectivity index (χ1v) is 7.48. The van der Waals surface area contributed by atoms with Crippen molar-refractivity contribution in [3.05, 3.63) is 29.8 Å². The molecule has 0 saturated carbocycles. The molecule has 0 heterocycles. The first-order valence-electron chi connectivity index (χ1n) is 7.48. The molecule has 0 amide bonds. The molecule has 0 aliphatic rings. The SMILES string of the molecule is CCOC(=O)C(C(=O)OCC)[C@H](C=O)Cc1ccc(OC)cc1. The minimum Gasteiger partial charge on any atom is -0.497 e. The van der Waals surface area contributed by atoms with Crippen molar-refractivity contribution in [3.8, 4) is 5.75 Å². The Balaban J connectivity index is 2.96. The summed E-state index contributed by atoms with van der Waals surface area (Å²) in [6.07, 6.45) is 0.832. The van der Waals surface area contributed by atoms with Crippen LogP contribution in [0.5, 0.6) is 5.75 Å². The van der Waals surface area contributed by atoms with Crippen LogP contribution in [-0.4, -0.2) is 38.5 Å². The average Bonchev–Trinajstić information content (AvgIpc) is 2.55. The zero-order valence-corrected chi connectivity index (χ0v) is 13.6. The van der Waals surface area contributed by atoms with Crippen LogP contribution in [0.4, 0.5) is 0 Å². The summed E-state index contributed by atoms with van der Waals surface area (Å²) in [4.78, 5) is 35.5. The van der Waals surface area contributed by atoms with Crippen LogP contribution in [0.15, 0.2) is 24.3 Å². The van der Waals surface area contributed by atoms with Gasteiger partial charge in [-0.3, -0.25) is 9.59 Å². The Morgan fingerprint density at radius 2 is 1.57 bits per heavy atom. The van der Waals surface area contributed by atoms with Crippen molar-refractivity contribution < 1.29 is 28.6 Å². The average molecular weight is 322 g/mol. The molecular weight excluding hydrogens is 300 g/mol. The van der Waals surface area contributed by atoms with Gasteiger partial charge >= 0.3 is 11.9 Å². The molecule has 126 valence electrons. The number of rotatable bonds is 9. The fourth-order valence-electron chi connectivity index (χ4n) is 2.19. The van der Waals surface area contributed by atoms with E-state index >= 15 is 0 Å². The first kappa shape index (κ1) is 18.7. The highest BCUT2D eigenvalue weighted by molar-refractivity contribution is 5.97. The summed E-state index contributed by atoms with van der Waals surface area (Å²) in [7, 11) is 1.56. The molecule has 0 spiro atoms. The molecule has 0 aliphatic heterocycles. The lowest BCUT2D eigenvalue weighted by molar-refractivity contribution is -0.165. The monoisotopic (exact) mass is 322 g/mol. The lowest BCUT2D eigenvalue weighted by Gasteiger charge is -2.20. The van der Waals surface area contributed by atoms with Crippen LogP contribution in [0.1, 0.15) is 19.4 Å². The molecule has 23 heavy (non-hydrogen) atoms. The van der Waals surface area contributed by atoms with Crippen molar-refractivity contribution >= 4 is 18.2 Å². The number of ether oxygens (including phenoxy) is 3. The Labute approximate surface area is 135 Å². The van der Waals surface area contributed by atoms with E-state index in [0.717, 1.165) is 5.56 Å². The Morgan fingerprint density at radius 1 is 1.04 bits per heavy atom. The van der Waals surface area contributed by atoms with Crippen LogP contribution in [-0.2, 0) is 30.3 Å². The van der Waals surface area contributed by atoms with Gasteiger partial charge in [-0.15, -0.1) is 0 Å². The number of hydrogen-bond donors (Lipinski definition) is 0. The first-order chi connectivity index (χ1) is 11.1. The number of benzene rings is 1. The molecule has 1 rings (SSSR count). The maximum absolute atomic E-state index is 12.0. The van der Waals surface area contributed by atoms with Gasteiger partial charge < -0.3 is 19.0 Å². The summed E-state index contributed by atoms with van der Waals surface area (Å²) in [6.45, 7) is 3.53. The standard InChI is InChI=1S/C17H22O6/c1-4-22-16(19)15(17(20)23-5-2)13(11-18)10-12-6-8-14(21-3)9-7-12/h6-9,11,13,15H,4-5,10H2,1-3H3/t13-/m0/s1. The summed E-state index contributed by atoms with van der Waals surface area (Å²) >= 11 is 0. The van der Waals surface area contributed by atoms with E-state index in [1.807, 2.05) is 0 Å². The maximum atomic E-state index is 12.0. The Bertz CT molecular complexity index is 504. The van der Waals surface area contributed by atoms with Crippen molar-refractivity contribution in [2.75, 3.05) is 20.3 Å². The van der Waals surface area contributed by atoms with Crippen molar-refractivity contribution in [2.45, 2.75) is 20.3 Å². The van der Waals surface area contributed by atoms with Crippen molar-refractivity contribution in [1.29, 1.82) is 0 Å². The van der Waals surface area contributed by atoms with E-state index in [9.17, 15) is 14.4 Å². The molecular formula is C17H22O6. The molecule has 0 N–H and O–H groups in total. The Hall–Kier alpha value is -2.37. The predicted molar refractivity (Wildman–Crippen MR) is 83.0 cm³/mol. The van der Waals surface area contributed by atoms with E-state index in [4.69, 9.17) is 14.2 Å². The molecule has 1 aromatic carbocycles. The second kappa shape index (κ2) is 9.61. The van der Waals surface area contributed by atoms with Gasteiger partial charge in [0, 0.05) is 5.92 Å². The molecule has 6 nitrogen and oxygen atoms in total. The van der Waals surface area contributed by atoms with E-state index in [-0.39, 0.29) is 19.6 Å². The smallest absolute Gasteiger partial charge is 0.321 e. The Kier molecular flexibility index (Phi) is 7.80. The maximum Gasteiger partial charge on any atom is 0.321 e. The van der Waals surface area contributed by atoms with Gasteiger partial charge in [-0.2, -0.15) is 0 Å². The van der Waals surface area contributed by atoms with E-state index in [0.29, 0.717) is 12.0 Å². The number of esters is 2. The molecule has 0 unspecified atom stereocenters. The largest absolute Gasteiger partial charge is 0.497 e. The van der Waals surface area contributed by atoms with Gasteiger partial charge in [-0.05, 0) is 38.0 Å². The van der Waals surface area contributed by atoms with Gasteiger partial charge in [0.25, 0.3) is 0 Å². The highest BCUT2D eigenvalue weighted by Crippen LogP contribution is 2.21. The van der Waals surface area contributed by atoms with Gasteiger partial charge in [0.15, 0.2) is 5.92 Å². The number of aldehydes is 1. The fourth-order valence-corrected chi connectivity index (χ4v) is 2.19. The molecule has 1 aromatic rings. The lowest BCUT2D eigenvalue weighted by atomic mass is 9.87. The minimum atomic E-state index is -1.26. The highest BCUT2D eigenvalue weighted by atomic mass is 16.6. The number of methoxy groups -OCH3 is 1. The molecule has 6 heteroatoms. The van der Waals surface area contributed by atoms with Crippen LogP contribution in [0, 0.1) is 11.8 Å². The van der Waals surface area contributed by atoms with Crippen molar-refractivity contribution in [2.24, 2.45) is 11.8 Å². The highest BCUT2D eigenvalue weighted by Gasteiger charge is 2.37. The minimum absolute atomic E-state index is 0.128. The van der Waals surface area contributed by atoms with E-state index in [1.54, 1.807) is 45.2 Å². The fraction of sp³-hybridized carbons (Fsp3) is 0.471. The summed E-state index contributed by atoms with van der Waals surface area (Å²) in [5.41, 5.74) is 0.807. The van der Waals surface area contributed by atoms with Gasteiger partial charge in [0.05, 0.1) is 20.3 Å². The molecule has 0 saturated heterocycles. The third kappa shape index (κ3) is 5.39. The molecule has 1 atom stereocenters. The van der Waals surface area contributed by atoms with Gasteiger partial charge in [-0.1, -0.05) is 12.1 Å². The number of carbonyl (C=O) groups is 3. The third-order valence-corrected chi connectivity index (χ3v) is 3.31. The predicted octanol–water partition coefficient (Wildman–Crippen LogP) is 1.80. The third-order valence-electron chi connectivity index (χ3n) is 3.31. The molecule has 0 fully saturated rings. The summed E-state index contributed by atoms with van der Waals surface area (Å²) in [5, 5.41) is 0. The van der Waals surface area contributed by atoms with Gasteiger partial charge in [0.1, 0.15) is 12.0 Å². The normalized spacial score (nSPS) is 11.7. The van der Waals surface area contributed by atoms with Crippen LogP contribution in [0.2, 0.25) is 0 Å². The van der Waals surface area contributed by atoms with Gasteiger partial charge in [-0.25, -0.2) is 0 Å². The summed E-state index contributed by atoms with van der Waals surface area (Å²) < 4.78 is 14.9. The summed E-state index contributed by atoms with van der Waals surface area (Å²) in [6, 6.07) is 7.06.